The standard InChI is InChI=1S/C24H28N2O5/c1-4-31-24(29)21-8-6-5-7-17(15(2)27)19-11-12-20(25-19)18-10-9-16(13-22(18)26-21)14-23(28)30-3/h5-6,9-10,12-13,17,21,26H,4,7-8,11,14H2,1-3H3/b6-5+. The fourth-order valence-electron chi connectivity index (χ4n) is 3.77. The molecule has 7 nitrogen and oxygen atoms in total. The van der Waals surface area contributed by atoms with Crippen LogP contribution in [0.15, 0.2) is 41.4 Å². The van der Waals surface area contributed by atoms with Crippen molar-refractivity contribution in [3.63, 3.8) is 0 Å². The zero-order valence-electron chi connectivity index (χ0n) is 18.1. The number of Topliss-reactive ketones (excluding diaryl/α,β-unsaturated/α-hetero) is 1. The van der Waals surface area contributed by atoms with Crippen molar-refractivity contribution in [1.82, 2.24) is 0 Å². The molecule has 0 aliphatic carbocycles. The van der Waals surface area contributed by atoms with Crippen LogP contribution in [0.1, 0.15) is 44.2 Å². The van der Waals surface area contributed by atoms with E-state index in [1.807, 2.05) is 36.4 Å². The number of anilines is 1. The highest BCUT2D eigenvalue weighted by Gasteiger charge is 2.26. The summed E-state index contributed by atoms with van der Waals surface area (Å²) in [4.78, 5) is 41.3. The van der Waals surface area contributed by atoms with Gasteiger partial charge in [-0.1, -0.05) is 30.4 Å². The van der Waals surface area contributed by atoms with E-state index in [9.17, 15) is 14.4 Å². The average molecular weight is 424 g/mol. The topological polar surface area (TPSA) is 94.1 Å². The molecule has 2 aliphatic heterocycles. The van der Waals surface area contributed by atoms with Gasteiger partial charge in [0.15, 0.2) is 0 Å². The van der Waals surface area contributed by atoms with Gasteiger partial charge in [-0.2, -0.15) is 0 Å². The molecule has 2 aliphatic rings. The minimum atomic E-state index is -0.607. The number of hydrogen-bond acceptors (Lipinski definition) is 7. The first-order chi connectivity index (χ1) is 14.9. The summed E-state index contributed by atoms with van der Waals surface area (Å²) >= 11 is 0. The van der Waals surface area contributed by atoms with Gasteiger partial charge in [-0.25, -0.2) is 4.79 Å². The molecule has 7 heteroatoms. The number of nitrogens with one attached hydrogen (secondary N) is 1. The molecule has 0 saturated heterocycles. The summed E-state index contributed by atoms with van der Waals surface area (Å²) in [5, 5.41) is 3.29. The predicted octanol–water partition coefficient (Wildman–Crippen LogP) is 3.49. The Morgan fingerprint density at radius 2 is 1.97 bits per heavy atom. The molecule has 1 aromatic rings. The van der Waals surface area contributed by atoms with Crippen molar-refractivity contribution < 1.29 is 23.9 Å². The quantitative estimate of drug-likeness (QED) is 0.574. The van der Waals surface area contributed by atoms with E-state index in [1.54, 1.807) is 13.8 Å². The van der Waals surface area contributed by atoms with E-state index >= 15 is 0 Å². The summed E-state index contributed by atoms with van der Waals surface area (Å²) in [6, 6.07) is 4.96. The number of hydrogen-bond donors (Lipinski definition) is 1. The molecular formula is C24H28N2O5. The maximum Gasteiger partial charge on any atom is 0.328 e. The number of rotatable bonds is 5. The number of fused-ring (bicyclic) bond motifs is 3. The van der Waals surface area contributed by atoms with Crippen molar-refractivity contribution in [2.45, 2.75) is 45.6 Å². The molecule has 0 spiro atoms. The van der Waals surface area contributed by atoms with Crippen LogP contribution in [0, 0.1) is 5.92 Å². The van der Waals surface area contributed by atoms with Crippen molar-refractivity contribution in [3.8, 4) is 0 Å². The Hall–Kier alpha value is -3.22. The Morgan fingerprint density at radius 1 is 1.19 bits per heavy atom. The van der Waals surface area contributed by atoms with Gasteiger partial charge in [0.05, 0.1) is 31.8 Å². The van der Waals surface area contributed by atoms with E-state index in [0.717, 1.165) is 22.5 Å². The molecule has 0 fully saturated rings. The maximum absolute atomic E-state index is 12.6. The molecule has 0 radical (unpaired) electrons. The molecule has 1 aromatic carbocycles. The molecule has 3 rings (SSSR count). The smallest absolute Gasteiger partial charge is 0.328 e. The molecule has 31 heavy (non-hydrogen) atoms. The van der Waals surface area contributed by atoms with Gasteiger partial charge in [-0.15, -0.1) is 0 Å². The maximum atomic E-state index is 12.6. The SMILES string of the molecule is CCOC(=O)C1C/C=C/CC(C(C)=O)C2=NC(=CC2)c2ccc(CC(=O)OC)cc2N1. The van der Waals surface area contributed by atoms with Crippen molar-refractivity contribution in [1.29, 1.82) is 0 Å². The van der Waals surface area contributed by atoms with E-state index in [2.05, 4.69) is 5.32 Å². The highest BCUT2D eigenvalue weighted by molar-refractivity contribution is 6.09. The van der Waals surface area contributed by atoms with Gasteiger partial charge >= 0.3 is 11.9 Å². The number of esters is 2. The molecule has 0 aromatic heterocycles. The summed E-state index contributed by atoms with van der Waals surface area (Å²) in [6.45, 7) is 3.63. The van der Waals surface area contributed by atoms with E-state index in [1.165, 1.54) is 7.11 Å². The van der Waals surface area contributed by atoms with Crippen LogP contribution in [0.2, 0.25) is 0 Å². The number of aliphatic imine (C=N–C) groups is 1. The molecule has 0 saturated carbocycles. The van der Waals surface area contributed by atoms with Crippen molar-refractivity contribution in [2.75, 3.05) is 19.0 Å². The first kappa shape index (κ1) is 22.5. The largest absolute Gasteiger partial charge is 0.469 e. The van der Waals surface area contributed by atoms with E-state index in [0.29, 0.717) is 24.9 Å². The predicted molar refractivity (Wildman–Crippen MR) is 119 cm³/mol. The lowest BCUT2D eigenvalue weighted by Crippen LogP contribution is -2.31. The van der Waals surface area contributed by atoms with E-state index in [-0.39, 0.29) is 36.7 Å². The van der Waals surface area contributed by atoms with Gasteiger partial charge in [0.1, 0.15) is 11.8 Å². The monoisotopic (exact) mass is 424 g/mol. The molecular weight excluding hydrogens is 396 g/mol. The van der Waals surface area contributed by atoms with Crippen LogP contribution in [0.4, 0.5) is 5.69 Å². The lowest BCUT2D eigenvalue weighted by molar-refractivity contribution is -0.144. The van der Waals surface area contributed by atoms with Gasteiger partial charge in [-0.05, 0) is 38.3 Å². The molecule has 164 valence electrons. The van der Waals surface area contributed by atoms with Crippen molar-refractivity contribution >= 4 is 34.8 Å². The van der Waals surface area contributed by atoms with E-state index in [4.69, 9.17) is 14.5 Å². The first-order valence-electron chi connectivity index (χ1n) is 10.5. The molecule has 2 unspecified atom stereocenters. The number of ether oxygens (including phenoxy) is 2. The highest BCUT2D eigenvalue weighted by Crippen LogP contribution is 2.33. The zero-order valence-corrected chi connectivity index (χ0v) is 18.1. The number of ketones is 1. The number of carbonyl (C=O) groups excluding carboxylic acids is 3. The molecule has 0 amide bonds. The molecule has 2 atom stereocenters. The summed E-state index contributed by atoms with van der Waals surface area (Å²) in [7, 11) is 1.35. The van der Waals surface area contributed by atoms with Crippen LogP contribution in [0.5, 0.6) is 0 Å². The lowest BCUT2D eigenvalue weighted by atomic mass is 9.93. The second-order valence-electron chi connectivity index (χ2n) is 7.58. The van der Waals surface area contributed by atoms with Crippen molar-refractivity contribution in [2.24, 2.45) is 10.9 Å². The summed E-state index contributed by atoms with van der Waals surface area (Å²) in [5.41, 5.74) is 3.85. The van der Waals surface area contributed by atoms with Crippen LogP contribution >= 0.6 is 0 Å². The number of benzene rings is 1. The Kier molecular flexibility index (Phi) is 7.39. The Morgan fingerprint density at radius 3 is 2.68 bits per heavy atom. The summed E-state index contributed by atoms with van der Waals surface area (Å²) in [6.07, 6.45) is 7.51. The third kappa shape index (κ3) is 5.48. The van der Waals surface area contributed by atoms with Gasteiger partial charge in [0, 0.05) is 23.4 Å². The number of allylic oxidation sites excluding steroid dienone is 2. The molecule has 2 bridgehead atoms. The second-order valence-corrected chi connectivity index (χ2v) is 7.58. The first-order valence-corrected chi connectivity index (χ1v) is 10.5. The van der Waals surface area contributed by atoms with Gasteiger partial charge in [-0.3, -0.25) is 14.6 Å². The normalized spacial score (nSPS) is 21.3. The minimum Gasteiger partial charge on any atom is -0.469 e. The van der Waals surface area contributed by atoms with Crippen LogP contribution in [-0.4, -0.2) is 43.2 Å². The van der Waals surface area contributed by atoms with Crippen LogP contribution in [0.3, 0.4) is 0 Å². The fourth-order valence-corrected chi connectivity index (χ4v) is 3.77. The number of methoxy groups -OCH3 is 1. The van der Waals surface area contributed by atoms with Crippen molar-refractivity contribution in [3.05, 3.63) is 47.6 Å². The van der Waals surface area contributed by atoms with Gasteiger partial charge < -0.3 is 14.8 Å². The van der Waals surface area contributed by atoms with Gasteiger partial charge in [0.2, 0.25) is 0 Å². The average Bonchev–Trinajstić information content (AvgIpc) is 3.21. The number of nitrogens with zero attached hydrogens (tertiary/aromatic N) is 1. The minimum absolute atomic E-state index is 0.0730. The van der Waals surface area contributed by atoms with Gasteiger partial charge in [0.25, 0.3) is 0 Å². The van der Waals surface area contributed by atoms with Crippen LogP contribution < -0.4 is 5.32 Å². The summed E-state index contributed by atoms with van der Waals surface area (Å²) < 4.78 is 10.0. The third-order valence-electron chi connectivity index (χ3n) is 5.41. The lowest BCUT2D eigenvalue weighted by Gasteiger charge is -2.21. The Balaban J connectivity index is 2.05. The molecule has 2 heterocycles. The number of carbonyl (C=O) groups is 3. The molecule has 1 N–H and O–H groups in total. The van der Waals surface area contributed by atoms with Crippen LogP contribution in [0.25, 0.3) is 5.70 Å². The van der Waals surface area contributed by atoms with Crippen LogP contribution in [-0.2, 0) is 30.3 Å². The Bertz CT molecular complexity index is 961. The second kappa shape index (κ2) is 10.2. The zero-order chi connectivity index (χ0) is 22.4. The van der Waals surface area contributed by atoms with E-state index < -0.39 is 6.04 Å². The third-order valence-corrected chi connectivity index (χ3v) is 5.41. The fraction of sp³-hybridized carbons (Fsp3) is 0.417. The summed E-state index contributed by atoms with van der Waals surface area (Å²) in [5.74, 6) is -0.909. The Labute approximate surface area is 182 Å². The highest BCUT2D eigenvalue weighted by atomic mass is 16.5.